The molecular weight excluding hydrogens is 995 g/mol. The Morgan fingerprint density at radius 3 is 1.79 bits per heavy atom. The number of aliphatic imine (C=N–C) groups is 3. The quantitative estimate of drug-likeness (QED) is 0.162. The highest BCUT2D eigenvalue weighted by atomic mass is 16.1. The molecule has 9 aromatic rings. The van der Waals surface area contributed by atoms with Gasteiger partial charge in [-0.1, -0.05) is 115 Å². The van der Waals surface area contributed by atoms with E-state index in [1.54, 1.807) is 0 Å². The minimum atomic E-state index is 0.106. The normalized spacial score (nSPS) is 13.4. The number of para-hydroxylation sites is 3. The molecule has 10 heteroatoms. The lowest BCUT2D eigenvalue weighted by atomic mass is 10.1. The maximum Gasteiger partial charge on any atom is 0.228 e. The number of pyridine rings is 3. The average molecular weight is 1070 g/mol. The topological polar surface area (TPSA) is 123 Å². The molecule has 3 aliphatic carbocycles. The third kappa shape index (κ3) is 14.3. The van der Waals surface area contributed by atoms with Crippen molar-refractivity contribution in [3.63, 3.8) is 0 Å². The Hall–Kier alpha value is -9.28. The van der Waals surface area contributed by atoms with E-state index in [0.717, 1.165) is 61.2 Å². The molecule has 0 spiro atoms. The number of aromatic nitrogens is 5. The predicted octanol–water partition coefficient (Wildman–Crippen LogP) is 15.0. The van der Waals surface area contributed by atoms with Gasteiger partial charge in [-0.2, -0.15) is 0 Å². The zero-order chi connectivity index (χ0) is 56.7. The number of fused-ring (bicyclic) bond motifs is 8. The molecule has 4 aromatic heterocycles. The summed E-state index contributed by atoms with van der Waals surface area (Å²) in [5, 5.41) is 2.80. The molecule has 0 fully saturated rings. The first kappa shape index (κ1) is 56.4. The van der Waals surface area contributed by atoms with Crippen molar-refractivity contribution in [3.05, 3.63) is 265 Å². The Balaban J connectivity index is 0.000000112. The molecule has 1 N–H and O–H groups in total. The third-order valence-electron chi connectivity index (χ3n) is 15.0. The molecule has 0 unspecified atom stereocenters. The lowest BCUT2D eigenvalue weighted by Crippen LogP contribution is -2.03. The van der Waals surface area contributed by atoms with Gasteiger partial charge in [0.1, 0.15) is 0 Å². The largest absolute Gasteiger partial charge is 0.334 e. The molecule has 16 rings (SSSR count). The second-order valence-corrected chi connectivity index (χ2v) is 20.8. The van der Waals surface area contributed by atoms with Gasteiger partial charge >= 0.3 is 0 Å². The Bertz CT molecular complexity index is 3430. The second kappa shape index (κ2) is 27.1. The Morgan fingerprint density at radius 1 is 0.481 bits per heavy atom. The van der Waals surface area contributed by atoms with Crippen LogP contribution >= 0.6 is 0 Å². The summed E-state index contributed by atoms with van der Waals surface area (Å²) in [6.07, 6.45) is 33.1. The summed E-state index contributed by atoms with van der Waals surface area (Å²) >= 11 is 0. The molecule has 0 radical (unpaired) electrons. The number of rotatable bonds is 0. The zero-order valence-corrected chi connectivity index (χ0v) is 47.9. The van der Waals surface area contributed by atoms with Gasteiger partial charge in [0.2, 0.25) is 5.91 Å². The summed E-state index contributed by atoms with van der Waals surface area (Å²) in [7, 11) is 2.00. The number of hydrogen-bond donors (Lipinski definition) is 1. The highest BCUT2D eigenvalue weighted by Crippen LogP contribution is 2.28. The zero-order valence-electron chi connectivity index (χ0n) is 47.9. The van der Waals surface area contributed by atoms with Crippen LogP contribution in [0.2, 0.25) is 0 Å². The van der Waals surface area contributed by atoms with Gasteiger partial charge in [0.25, 0.3) is 0 Å². The number of nitrogens with one attached hydrogen (secondary N) is 1. The molecular formula is C71H71N9O. The highest BCUT2D eigenvalue weighted by molar-refractivity contribution is 5.99. The van der Waals surface area contributed by atoms with Crippen molar-refractivity contribution < 1.29 is 4.79 Å². The van der Waals surface area contributed by atoms with Gasteiger partial charge in [0, 0.05) is 80.1 Å². The first-order valence-electron chi connectivity index (χ1n) is 27.8. The molecule has 0 atom stereocenters. The van der Waals surface area contributed by atoms with E-state index in [4.69, 9.17) is 0 Å². The molecule has 1 amide bonds. The molecule has 10 nitrogen and oxygen atoms in total. The fourth-order valence-corrected chi connectivity index (χ4v) is 10.3. The van der Waals surface area contributed by atoms with E-state index in [2.05, 4.69) is 185 Å². The van der Waals surface area contributed by atoms with Crippen LogP contribution in [-0.4, -0.2) is 49.1 Å². The van der Waals surface area contributed by atoms with Gasteiger partial charge in [0.15, 0.2) is 0 Å². The van der Waals surface area contributed by atoms with E-state index >= 15 is 0 Å². The molecule has 406 valence electrons. The monoisotopic (exact) mass is 1070 g/mol. The van der Waals surface area contributed by atoms with Crippen LogP contribution in [0.1, 0.15) is 106 Å². The Labute approximate surface area is 477 Å². The molecule has 0 bridgehead atoms. The van der Waals surface area contributed by atoms with Crippen LogP contribution in [-0.2, 0) is 57.0 Å². The number of carbonyl (C=O) groups is 1. The summed E-state index contributed by atoms with van der Waals surface area (Å²) < 4.78 is 2.01. The minimum absolute atomic E-state index is 0.106. The van der Waals surface area contributed by atoms with Gasteiger partial charge in [-0.15, -0.1) is 0 Å². The van der Waals surface area contributed by atoms with Gasteiger partial charge in [-0.25, -0.2) is 4.98 Å². The molecule has 8 heterocycles. The summed E-state index contributed by atoms with van der Waals surface area (Å²) in [4.78, 5) is 40.3. The van der Waals surface area contributed by atoms with Crippen LogP contribution < -0.4 is 5.32 Å². The van der Waals surface area contributed by atoms with Crippen molar-refractivity contribution in [2.75, 3.05) is 5.32 Å². The van der Waals surface area contributed by atoms with Crippen LogP contribution in [0.25, 0.3) is 29.3 Å². The SMILES string of the molecule is Cc1cccc2c1C=CC2.Cc1cccc2c1C=NC2.Cc1cccc2c1CC(=O)N2.Cc1cccc2c1N=CC2.Cc1ccnc2c1C=CC2.Cc1ccnc2c1C=NC2.Cc1cncc2c1C=CC2.Cn1cnc2ccccc21. The van der Waals surface area contributed by atoms with Crippen LogP contribution in [0.5, 0.6) is 0 Å². The second-order valence-electron chi connectivity index (χ2n) is 20.8. The fourth-order valence-electron chi connectivity index (χ4n) is 10.3. The first-order chi connectivity index (χ1) is 39.4. The smallest absolute Gasteiger partial charge is 0.228 e. The van der Waals surface area contributed by atoms with Crippen molar-refractivity contribution in [1.29, 1.82) is 0 Å². The van der Waals surface area contributed by atoms with Crippen molar-refractivity contribution in [3.8, 4) is 0 Å². The minimum Gasteiger partial charge on any atom is -0.334 e. The number of anilines is 1. The predicted molar refractivity (Wildman–Crippen MR) is 337 cm³/mol. The van der Waals surface area contributed by atoms with E-state index in [1.807, 2.05) is 111 Å². The van der Waals surface area contributed by atoms with Crippen LogP contribution in [0.3, 0.4) is 0 Å². The number of amides is 1. The maximum absolute atomic E-state index is 10.9. The van der Waals surface area contributed by atoms with E-state index < -0.39 is 0 Å². The maximum atomic E-state index is 10.9. The molecule has 5 aromatic carbocycles. The summed E-state index contributed by atoms with van der Waals surface area (Å²) in [6, 6.07) is 37.2. The number of benzene rings is 5. The number of nitrogens with zero attached hydrogens (tertiary/aromatic N) is 8. The van der Waals surface area contributed by atoms with E-state index in [9.17, 15) is 4.79 Å². The van der Waals surface area contributed by atoms with E-state index in [1.165, 1.54) is 106 Å². The summed E-state index contributed by atoms with van der Waals surface area (Å²) in [5.41, 5.74) is 29.2. The van der Waals surface area contributed by atoms with Crippen molar-refractivity contribution in [2.45, 2.75) is 93.7 Å². The number of carbonyl (C=O) groups excluding carboxylic acids is 1. The van der Waals surface area contributed by atoms with Crippen molar-refractivity contribution in [1.82, 2.24) is 24.5 Å². The average Bonchev–Trinajstić information content (AvgIpc) is 4.36. The summed E-state index contributed by atoms with van der Waals surface area (Å²) in [6.45, 7) is 16.3. The number of imidazole rings is 1. The molecule has 7 aliphatic rings. The fraction of sp³-hybridized carbons (Fsp3) is 0.211. The molecule has 0 saturated carbocycles. The number of allylic oxidation sites excluding steroid dienone is 3. The van der Waals surface area contributed by atoms with Gasteiger partial charge < -0.3 is 9.88 Å². The van der Waals surface area contributed by atoms with Gasteiger partial charge in [0.05, 0.1) is 53.9 Å². The van der Waals surface area contributed by atoms with E-state index in [0.29, 0.717) is 6.42 Å². The van der Waals surface area contributed by atoms with Crippen molar-refractivity contribution in [2.24, 2.45) is 22.0 Å². The van der Waals surface area contributed by atoms with Crippen molar-refractivity contribution >= 4 is 65.2 Å². The molecule has 0 saturated heterocycles. The van der Waals surface area contributed by atoms with Crippen LogP contribution in [0.15, 0.2) is 174 Å². The van der Waals surface area contributed by atoms with Crippen LogP contribution in [0, 0.1) is 48.5 Å². The van der Waals surface area contributed by atoms with E-state index in [-0.39, 0.29) is 5.91 Å². The van der Waals surface area contributed by atoms with Gasteiger partial charge in [-0.3, -0.25) is 34.7 Å². The molecule has 4 aliphatic heterocycles. The summed E-state index contributed by atoms with van der Waals surface area (Å²) in [5.74, 6) is 0.106. The Kier molecular flexibility index (Phi) is 18.9. The standard InChI is InChI=1S/C10H10.C9H9NO.4C9H9N.2C8H8N2/c1-8-4-2-5-9-6-3-7-10(8)9;1-6-3-2-4-8-7(6)5-9(11)10-8;1-7-5-10-6-8-3-2-4-9(7)8;1-7-3-2-4-8-5-10-6-9(7)8;1-7-5-6-10-9-4-2-3-8(7)9;1-7-3-2-4-8-5-6-10-9(7)8;1-6-2-3-10-8-5-9-4-7(6)8;1-10-6-9-7-4-2-3-5-8(7)10/h2-5,7H,6H2,1H3;2-4H,5H2,1H3,(H,10,11);2,4-6H,3H2,1H3;2-4,6H,5H2,1H3;2-3,5-6H,4H2,1H3;2-4,6H,5H2,1H3;2-4H,5H2,1H3;2-6H,1H3. The first-order valence-corrected chi connectivity index (χ1v) is 27.8. The highest BCUT2D eigenvalue weighted by Gasteiger charge is 2.18. The van der Waals surface area contributed by atoms with Gasteiger partial charge in [-0.05, 0) is 175 Å². The van der Waals surface area contributed by atoms with Crippen LogP contribution in [0.4, 0.5) is 11.4 Å². The molecule has 81 heavy (non-hydrogen) atoms. The third-order valence-corrected chi connectivity index (χ3v) is 15.0. The number of aryl methyl sites for hydroxylation is 8. The number of hydrogen-bond acceptors (Lipinski definition) is 8. The lowest BCUT2D eigenvalue weighted by Gasteiger charge is -2.00. The lowest BCUT2D eigenvalue weighted by molar-refractivity contribution is -0.115. The Morgan fingerprint density at radius 2 is 1.09 bits per heavy atom.